The molecule has 0 heterocycles. The molecule has 21 heavy (non-hydrogen) atoms. The minimum atomic E-state index is 0.283. The van der Waals surface area contributed by atoms with Gasteiger partial charge in [0.05, 0.1) is 0 Å². The van der Waals surface area contributed by atoms with Crippen molar-refractivity contribution in [3.05, 3.63) is 65.2 Å². The van der Waals surface area contributed by atoms with Gasteiger partial charge in [-0.1, -0.05) is 30.9 Å². The molecule has 0 amide bonds. The van der Waals surface area contributed by atoms with Crippen molar-refractivity contribution in [3.8, 4) is 17.6 Å². The van der Waals surface area contributed by atoms with Crippen molar-refractivity contribution >= 4 is 0 Å². The zero-order valence-electron chi connectivity index (χ0n) is 12.6. The lowest BCUT2D eigenvalue weighted by molar-refractivity contribution is 0.0224. The predicted molar refractivity (Wildman–Crippen MR) is 85.4 cm³/mol. The maximum atomic E-state index is 5.42. The number of rotatable bonds is 5. The van der Waals surface area contributed by atoms with Gasteiger partial charge in [-0.2, -0.15) is 0 Å². The smallest absolute Gasteiger partial charge is 0.189 e. The van der Waals surface area contributed by atoms with E-state index in [9.17, 15) is 0 Å². The number of ether oxygens (including phenoxy) is 2. The third-order valence-electron chi connectivity index (χ3n) is 3.08. The normalized spacial score (nSPS) is 9.81. The number of hydrogen-bond donors (Lipinski definition) is 0. The molecule has 0 N–H and O–H groups in total. The van der Waals surface area contributed by atoms with E-state index in [1.54, 1.807) is 0 Å². The summed E-state index contributed by atoms with van der Waals surface area (Å²) >= 11 is 0. The molecular weight excluding hydrogens is 260 g/mol. The average molecular weight is 280 g/mol. The van der Waals surface area contributed by atoms with Crippen LogP contribution in [0.25, 0.3) is 0 Å². The molecule has 108 valence electrons. The van der Waals surface area contributed by atoms with Crippen LogP contribution in [-0.4, -0.2) is 13.4 Å². The first-order valence-electron chi connectivity index (χ1n) is 7.23. The summed E-state index contributed by atoms with van der Waals surface area (Å²) in [5.41, 5.74) is 3.33. The minimum Gasteiger partial charge on any atom is -0.468 e. The van der Waals surface area contributed by atoms with Crippen LogP contribution in [0.5, 0.6) is 5.75 Å². The second-order valence-corrected chi connectivity index (χ2v) is 4.58. The highest BCUT2D eigenvalue weighted by Crippen LogP contribution is 2.12. The molecule has 0 radical (unpaired) electrons. The SMILES string of the molecule is CCOCOc1ccc(C#Cc2ccc(CC)cc2)cc1. The second-order valence-electron chi connectivity index (χ2n) is 4.58. The van der Waals surface area contributed by atoms with Crippen molar-refractivity contribution in [1.82, 2.24) is 0 Å². The van der Waals surface area contributed by atoms with Crippen molar-refractivity contribution in [1.29, 1.82) is 0 Å². The van der Waals surface area contributed by atoms with E-state index in [1.807, 2.05) is 31.2 Å². The molecule has 0 aliphatic carbocycles. The Morgan fingerprint density at radius 3 is 1.90 bits per heavy atom. The maximum absolute atomic E-state index is 5.42. The summed E-state index contributed by atoms with van der Waals surface area (Å²) in [4.78, 5) is 0. The van der Waals surface area contributed by atoms with Gasteiger partial charge in [-0.15, -0.1) is 0 Å². The van der Waals surface area contributed by atoms with Gasteiger partial charge in [0.2, 0.25) is 0 Å². The van der Waals surface area contributed by atoms with Gasteiger partial charge in [-0.05, 0) is 55.3 Å². The molecule has 2 rings (SSSR count). The Bertz CT molecular complexity index is 601. The lowest BCUT2D eigenvalue weighted by Crippen LogP contribution is -2.01. The van der Waals surface area contributed by atoms with Gasteiger partial charge in [-0.25, -0.2) is 0 Å². The number of aryl methyl sites for hydroxylation is 1. The summed E-state index contributed by atoms with van der Waals surface area (Å²) in [6.07, 6.45) is 1.05. The van der Waals surface area contributed by atoms with Gasteiger partial charge in [-0.3, -0.25) is 0 Å². The Morgan fingerprint density at radius 1 is 0.810 bits per heavy atom. The Hall–Kier alpha value is -2.24. The van der Waals surface area contributed by atoms with Gasteiger partial charge < -0.3 is 9.47 Å². The minimum absolute atomic E-state index is 0.283. The first-order valence-corrected chi connectivity index (χ1v) is 7.23. The Morgan fingerprint density at radius 2 is 1.38 bits per heavy atom. The van der Waals surface area contributed by atoms with Crippen molar-refractivity contribution in [2.75, 3.05) is 13.4 Å². The van der Waals surface area contributed by atoms with Crippen molar-refractivity contribution in [2.45, 2.75) is 20.3 Å². The molecule has 0 aromatic heterocycles. The quantitative estimate of drug-likeness (QED) is 0.468. The van der Waals surface area contributed by atoms with Crippen LogP contribution in [0.15, 0.2) is 48.5 Å². The van der Waals surface area contributed by atoms with Crippen molar-refractivity contribution < 1.29 is 9.47 Å². The molecule has 2 heteroatoms. The summed E-state index contributed by atoms with van der Waals surface area (Å²) in [6, 6.07) is 16.1. The van der Waals surface area contributed by atoms with Crippen molar-refractivity contribution in [3.63, 3.8) is 0 Å². The third-order valence-corrected chi connectivity index (χ3v) is 3.08. The molecule has 0 fully saturated rings. The van der Waals surface area contributed by atoms with Gasteiger partial charge in [0.25, 0.3) is 0 Å². The highest BCUT2D eigenvalue weighted by Gasteiger charge is 1.93. The molecule has 0 spiro atoms. The zero-order valence-corrected chi connectivity index (χ0v) is 12.6. The van der Waals surface area contributed by atoms with Crippen LogP contribution in [0.4, 0.5) is 0 Å². The van der Waals surface area contributed by atoms with Gasteiger partial charge >= 0.3 is 0 Å². The van der Waals surface area contributed by atoms with Crippen LogP contribution in [0.1, 0.15) is 30.5 Å². The van der Waals surface area contributed by atoms with Crippen LogP contribution in [0.3, 0.4) is 0 Å². The molecule has 0 aliphatic heterocycles. The molecule has 2 nitrogen and oxygen atoms in total. The Balaban J connectivity index is 1.98. The zero-order chi connectivity index (χ0) is 14.9. The fourth-order valence-electron chi connectivity index (χ4n) is 1.80. The van der Waals surface area contributed by atoms with Crippen LogP contribution >= 0.6 is 0 Å². The van der Waals surface area contributed by atoms with E-state index in [-0.39, 0.29) is 6.79 Å². The lowest BCUT2D eigenvalue weighted by atomic mass is 10.1. The summed E-state index contributed by atoms with van der Waals surface area (Å²) in [5.74, 6) is 7.12. The highest BCUT2D eigenvalue weighted by atomic mass is 16.7. The average Bonchev–Trinajstić information content (AvgIpc) is 2.55. The number of benzene rings is 2. The van der Waals surface area contributed by atoms with Gasteiger partial charge in [0.1, 0.15) is 5.75 Å². The van der Waals surface area contributed by atoms with Crippen LogP contribution < -0.4 is 4.74 Å². The van der Waals surface area contributed by atoms with E-state index < -0.39 is 0 Å². The molecule has 0 unspecified atom stereocenters. The van der Waals surface area contributed by atoms with E-state index >= 15 is 0 Å². The standard InChI is InChI=1S/C19H20O2/c1-3-16-5-7-17(8-6-16)9-10-18-11-13-19(14-12-18)21-15-20-4-2/h5-8,11-14H,3-4,15H2,1-2H3. The van der Waals surface area contributed by atoms with Crippen LogP contribution in [0, 0.1) is 11.8 Å². The fourth-order valence-corrected chi connectivity index (χ4v) is 1.80. The maximum Gasteiger partial charge on any atom is 0.189 e. The summed E-state index contributed by atoms with van der Waals surface area (Å²) in [6.45, 7) is 5.02. The van der Waals surface area contributed by atoms with E-state index in [2.05, 4.69) is 43.0 Å². The first-order chi connectivity index (χ1) is 10.3. The molecule has 2 aromatic rings. The lowest BCUT2D eigenvalue weighted by Gasteiger charge is -2.05. The molecular formula is C19H20O2. The molecule has 0 saturated carbocycles. The second kappa shape index (κ2) is 8.14. The predicted octanol–water partition coefficient (Wildman–Crippen LogP) is 4.02. The third kappa shape index (κ3) is 4.98. The summed E-state index contributed by atoms with van der Waals surface area (Å²) in [7, 11) is 0. The Labute approximate surface area is 126 Å². The summed E-state index contributed by atoms with van der Waals surface area (Å²) < 4.78 is 10.6. The van der Waals surface area contributed by atoms with E-state index in [4.69, 9.17) is 9.47 Å². The number of hydrogen-bond acceptors (Lipinski definition) is 2. The highest BCUT2D eigenvalue weighted by molar-refractivity contribution is 5.44. The topological polar surface area (TPSA) is 18.5 Å². The molecule has 0 saturated heterocycles. The molecule has 0 aliphatic rings. The first kappa shape index (κ1) is 15.2. The van der Waals surface area contributed by atoms with E-state index in [0.717, 1.165) is 23.3 Å². The summed E-state index contributed by atoms with van der Waals surface area (Å²) in [5, 5.41) is 0. The Kier molecular flexibility index (Phi) is 5.87. The van der Waals surface area contributed by atoms with Gasteiger partial charge in [0.15, 0.2) is 6.79 Å². The van der Waals surface area contributed by atoms with E-state index in [1.165, 1.54) is 5.56 Å². The molecule has 0 bridgehead atoms. The van der Waals surface area contributed by atoms with Crippen LogP contribution in [-0.2, 0) is 11.2 Å². The largest absolute Gasteiger partial charge is 0.468 e. The molecule has 0 atom stereocenters. The molecule has 2 aromatic carbocycles. The van der Waals surface area contributed by atoms with Gasteiger partial charge in [0, 0.05) is 17.7 Å². The fraction of sp³-hybridized carbons (Fsp3) is 0.263. The van der Waals surface area contributed by atoms with Crippen LogP contribution in [0.2, 0.25) is 0 Å². The van der Waals surface area contributed by atoms with Crippen molar-refractivity contribution in [2.24, 2.45) is 0 Å². The monoisotopic (exact) mass is 280 g/mol. The van der Waals surface area contributed by atoms with E-state index in [0.29, 0.717) is 6.61 Å².